The summed E-state index contributed by atoms with van der Waals surface area (Å²) in [5.74, 6) is -0.700. The summed E-state index contributed by atoms with van der Waals surface area (Å²) in [5, 5.41) is 26.7. The van der Waals surface area contributed by atoms with E-state index < -0.39 is 11.9 Å². The fraction of sp³-hybridized carbons (Fsp3) is 0.194. The quantitative estimate of drug-likeness (QED) is 0.226. The Morgan fingerprint density at radius 1 is 0.795 bits per heavy atom. The van der Waals surface area contributed by atoms with Crippen molar-refractivity contribution in [3.05, 3.63) is 101 Å². The minimum atomic E-state index is -0.919. The molecule has 0 aliphatic carbocycles. The first-order valence-corrected chi connectivity index (χ1v) is 12.6. The Morgan fingerprint density at radius 3 is 2.00 bits per heavy atom. The lowest BCUT2D eigenvalue weighted by Crippen LogP contribution is -2.26. The van der Waals surface area contributed by atoms with Crippen molar-refractivity contribution >= 4 is 28.6 Å². The van der Waals surface area contributed by atoms with E-state index in [0.717, 1.165) is 11.1 Å². The molecule has 4 aromatic rings. The number of carboxylic acids is 1. The second-order valence-electron chi connectivity index (χ2n) is 9.14. The molecule has 0 heterocycles. The van der Waals surface area contributed by atoms with Crippen molar-refractivity contribution in [3.8, 4) is 17.2 Å². The van der Waals surface area contributed by atoms with Crippen LogP contribution >= 0.6 is 0 Å². The summed E-state index contributed by atoms with van der Waals surface area (Å²) in [6, 6.07) is 23.2. The summed E-state index contributed by atoms with van der Waals surface area (Å²) >= 11 is 0. The molecule has 0 saturated carbocycles. The summed E-state index contributed by atoms with van der Waals surface area (Å²) < 4.78 is 6.07. The molecule has 4 aromatic carbocycles. The summed E-state index contributed by atoms with van der Waals surface area (Å²) in [7, 11) is 0. The van der Waals surface area contributed by atoms with Crippen LogP contribution in [0.25, 0.3) is 10.8 Å². The zero-order chi connectivity index (χ0) is 27.8. The number of carboxylic acid groups (broad SMARTS) is 1. The highest BCUT2D eigenvalue weighted by Crippen LogP contribution is 2.38. The Kier molecular flexibility index (Phi) is 8.78. The fourth-order valence-corrected chi connectivity index (χ4v) is 4.39. The van der Waals surface area contributed by atoms with Crippen LogP contribution in [-0.4, -0.2) is 41.1 Å². The number of benzene rings is 4. The topological polar surface area (TPSA) is 125 Å². The highest BCUT2D eigenvalue weighted by molar-refractivity contribution is 6.05. The third kappa shape index (κ3) is 7.13. The van der Waals surface area contributed by atoms with E-state index in [1.54, 1.807) is 42.5 Å². The third-order valence-electron chi connectivity index (χ3n) is 6.30. The molecule has 0 aromatic heterocycles. The van der Waals surface area contributed by atoms with Crippen molar-refractivity contribution in [3.63, 3.8) is 0 Å². The summed E-state index contributed by atoms with van der Waals surface area (Å²) in [6.07, 6.45) is 1.18. The second-order valence-corrected chi connectivity index (χ2v) is 9.14. The van der Waals surface area contributed by atoms with Gasteiger partial charge in [0.25, 0.3) is 5.91 Å². The zero-order valence-corrected chi connectivity index (χ0v) is 21.6. The number of hydrogen-bond acceptors (Lipinski definition) is 5. The molecular weight excluding hydrogens is 496 g/mol. The molecule has 0 bridgehead atoms. The summed E-state index contributed by atoms with van der Waals surface area (Å²) in [4.78, 5) is 35.3. The number of amides is 2. The average Bonchev–Trinajstić information content (AvgIpc) is 2.91. The van der Waals surface area contributed by atoms with Crippen LogP contribution in [-0.2, 0) is 28.9 Å². The van der Waals surface area contributed by atoms with Gasteiger partial charge in [-0.15, -0.1) is 0 Å². The van der Waals surface area contributed by atoms with Gasteiger partial charge in [-0.1, -0.05) is 60.7 Å². The first-order chi connectivity index (χ1) is 18.8. The number of fused-ring (bicyclic) bond motifs is 1. The summed E-state index contributed by atoms with van der Waals surface area (Å²) in [5.41, 5.74) is 2.90. The lowest BCUT2D eigenvalue weighted by molar-refractivity contribution is -0.136. The van der Waals surface area contributed by atoms with Gasteiger partial charge in [0.15, 0.2) is 0 Å². The maximum absolute atomic E-state index is 13.2. The molecule has 0 saturated heterocycles. The highest BCUT2D eigenvalue weighted by atomic mass is 16.5. The van der Waals surface area contributed by atoms with Gasteiger partial charge >= 0.3 is 5.97 Å². The second kappa shape index (κ2) is 12.6. The van der Waals surface area contributed by atoms with Gasteiger partial charge in [0, 0.05) is 30.8 Å². The number of phenolic OH excluding ortho intramolecular Hbond substituents is 1. The van der Waals surface area contributed by atoms with Gasteiger partial charge in [-0.3, -0.25) is 14.4 Å². The normalized spacial score (nSPS) is 10.7. The van der Waals surface area contributed by atoms with Crippen LogP contribution in [0.3, 0.4) is 0 Å². The highest BCUT2D eigenvalue weighted by Gasteiger charge is 2.18. The van der Waals surface area contributed by atoms with Crippen molar-refractivity contribution in [2.45, 2.75) is 26.2 Å². The number of hydrogen-bond donors (Lipinski definition) is 4. The fourth-order valence-electron chi connectivity index (χ4n) is 4.39. The molecule has 0 spiro atoms. The van der Waals surface area contributed by atoms with Gasteiger partial charge in [0.1, 0.15) is 17.2 Å². The van der Waals surface area contributed by atoms with E-state index in [1.165, 1.54) is 13.0 Å². The maximum atomic E-state index is 13.2. The third-order valence-corrected chi connectivity index (χ3v) is 6.30. The minimum Gasteiger partial charge on any atom is -0.506 e. The lowest BCUT2D eigenvalue weighted by Gasteiger charge is -2.15. The van der Waals surface area contributed by atoms with Crippen molar-refractivity contribution in [2.75, 3.05) is 13.1 Å². The maximum Gasteiger partial charge on any atom is 0.307 e. The largest absolute Gasteiger partial charge is 0.506 e. The molecule has 0 radical (unpaired) electrons. The number of rotatable bonds is 11. The van der Waals surface area contributed by atoms with E-state index in [0.29, 0.717) is 53.8 Å². The molecule has 0 aliphatic heterocycles. The van der Waals surface area contributed by atoms with Crippen molar-refractivity contribution in [1.82, 2.24) is 10.6 Å². The number of nitrogens with one attached hydrogen (secondary N) is 2. The minimum absolute atomic E-state index is 0.0755. The predicted molar refractivity (Wildman–Crippen MR) is 148 cm³/mol. The number of phenols is 1. The van der Waals surface area contributed by atoms with Crippen molar-refractivity contribution in [1.29, 1.82) is 0 Å². The predicted octanol–water partition coefficient (Wildman–Crippen LogP) is 4.62. The first-order valence-electron chi connectivity index (χ1n) is 12.6. The average molecular weight is 527 g/mol. The van der Waals surface area contributed by atoms with Crippen molar-refractivity contribution in [2.24, 2.45) is 0 Å². The van der Waals surface area contributed by atoms with Crippen LogP contribution in [0.1, 0.15) is 34.0 Å². The van der Waals surface area contributed by atoms with E-state index in [9.17, 15) is 19.5 Å². The van der Waals surface area contributed by atoms with Crippen LogP contribution in [0.2, 0.25) is 0 Å². The van der Waals surface area contributed by atoms with Crippen LogP contribution in [0.15, 0.2) is 78.9 Å². The molecule has 0 unspecified atom stereocenters. The van der Waals surface area contributed by atoms with Gasteiger partial charge < -0.3 is 25.6 Å². The Hall–Kier alpha value is -4.85. The van der Waals surface area contributed by atoms with E-state index in [1.807, 2.05) is 30.3 Å². The Morgan fingerprint density at radius 2 is 1.38 bits per heavy atom. The van der Waals surface area contributed by atoms with E-state index in [-0.39, 0.29) is 23.6 Å². The Balaban J connectivity index is 1.50. The molecule has 8 nitrogen and oxygen atoms in total. The Labute approximate surface area is 226 Å². The molecule has 39 heavy (non-hydrogen) atoms. The van der Waals surface area contributed by atoms with Crippen LogP contribution in [0.4, 0.5) is 0 Å². The van der Waals surface area contributed by atoms with Gasteiger partial charge in [-0.05, 0) is 47.7 Å². The SMILES string of the molecule is CC(=O)NCCc1ccccc1CCNC(=O)c1cc(Oc2ccc(CC(=O)O)cc2)c2ccccc2c1O. The lowest BCUT2D eigenvalue weighted by atomic mass is 10.0. The molecule has 2 amide bonds. The number of ether oxygens (including phenoxy) is 1. The van der Waals surface area contributed by atoms with Crippen molar-refractivity contribution < 1.29 is 29.3 Å². The molecule has 4 rings (SSSR count). The van der Waals surface area contributed by atoms with E-state index in [2.05, 4.69) is 10.6 Å². The van der Waals surface area contributed by atoms with Crippen LogP contribution < -0.4 is 15.4 Å². The number of aromatic hydroxyl groups is 1. The first kappa shape index (κ1) is 27.2. The van der Waals surface area contributed by atoms with E-state index in [4.69, 9.17) is 9.84 Å². The number of carbonyl (C=O) groups is 3. The molecular formula is C31H30N2O6. The molecule has 0 aliphatic rings. The molecule has 200 valence electrons. The molecule has 8 heteroatoms. The van der Waals surface area contributed by atoms with Crippen LogP contribution in [0.5, 0.6) is 17.2 Å². The molecule has 0 fully saturated rings. The zero-order valence-electron chi connectivity index (χ0n) is 21.6. The van der Waals surface area contributed by atoms with Gasteiger partial charge in [0.05, 0.1) is 12.0 Å². The molecule has 4 N–H and O–H groups in total. The smallest absolute Gasteiger partial charge is 0.307 e. The summed E-state index contributed by atoms with van der Waals surface area (Å²) in [6.45, 7) is 2.37. The van der Waals surface area contributed by atoms with Gasteiger partial charge in [-0.2, -0.15) is 0 Å². The van der Waals surface area contributed by atoms with Gasteiger partial charge in [0.2, 0.25) is 5.91 Å². The molecule has 0 atom stereocenters. The monoisotopic (exact) mass is 526 g/mol. The Bertz CT molecular complexity index is 1500. The van der Waals surface area contributed by atoms with Crippen LogP contribution in [0, 0.1) is 0 Å². The number of carbonyl (C=O) groups excluding carboxylic acids is 2. The van der Waals surface area contributed by atoms with Gasteiger partial charge in [-0.25, -0.2) is 0 Å². The van der Waals surface area contributed by atoms with E-state index >= 15 is 0 Å². The standard InChI is InChI=1S/C31H30N2O6/c1-20(34)32-16-14-22-6-2-3-7-23(22)15-17-33-31(38)27-19-28(25-8-4-5-9-26(25)30(27)37)39-24-12-10-21(11-13-24)18-29(35)36/h2-13,19,37H,14-18H2,1H3,(H,32,34)(H,33,38)(H,35,36). The number of aliphatic carboxylic acids is 1.